The quantitative estimate of drug-likeness (QED) is 0.558. The number of quaternary nitrogens is 1. The molecule has 1 aromatic rings. The number of aromatic nitrogens is 2. The van der Waals surface area contributed by atoms with Crippen molar-refractivity contribution in [2.75, 3.05) is 13.1 Å². The Labute approximate surface area is 105 Å². The summed E-state index contributed by atoms with van der Waals surface area (Å²) < 4.78 is 1.68. The number of rotatable bonds is 3. The van der Waals surface area contributed by atoms with Gasteiger partial charge in [0.1, 0.15) is 24.0 Å². The Kier molecular flexibility index (Phi) is 3.63. The number of nitrogens with zero attached hydrogens (tertiary/aromatic N) is 3. The zero-order chi connectivity index (χ0) is 13.3. The molecular formula is C11H19N4O3+. The monoisotopic (exact) mass is 255 g/mol. The van der Waals surface area contributed by atoms with Gasteiger partial charge in [-0.1, -0.05) is 0 Å². The minimum Gasteiger partial charge on any atom is -0.387 e. The average molecular weight is 255 g/mol. The highest BCUT2D eigenvalue weighted by molar-refractivity contribution is 5.39. The van der Waals surface area contributed by atoms with Gasteiger partial charge in [-0.15, -0.1) is 0 Å². The molecule has 1 unspecified atom stereocenters. The minimum absolute atomic E-state index is 0.104. The summed E-state index contributed by atoms with van der Waals surface area (Å²) in [5, 5.41) is 24.7. The van der Waals surface area contributed by atoms with Crippen molar-refractivity contribution in [3.63, 3.8) is 0 Å². The summed E-state index contributed by atoms with van der Waals surface area (Å²) in [6.45, 7) is 5.62. The van der Waals surface area contributed by atoms with Crippen molar-refractivity contribution in [3.05, 3.63) is 21.5 Å². The average Bonchev–Trinajstić information content (AvgIpc) is 2.54. The lowest BCUT2D eigenvalue weighted by atomic mass is 10.1. The van der Waals surface area contributed by atoms with Gasteiger partial charge in [0.25, 0.3) is 0 Å². The van der Waals surface area contributed by atoms with Crippen LogP contribution in [0.1, 0.15) is 24.2 Å². The van der Waals surface area contributed by atoms with Crippen LogP contribution in [0.5, 0.6) is 0 Å². The van der Waals surface area contributed by atoms with E-state index < -0.39 is 0 Å². The third kappa shape index (κ3) is 2.51. The molecule has 7 heteroatoms. The molecule has 2 rings (SSSR count). The number of nitro groups is 1. The summed E-state index contributed by atoms with van der Waals surface area (Å²) in [5.74, 6) is 0. The largest absolute Gasteiger partial charge is 0.387 e. The zero-order valence-electron chi connectivity index (χ0n) is 10.7. The number of likely N-dealkylation sites (tertiary alicyclic amines) is 1. The molecule has 100 valence electrons. The minimum atomic E-state index is -0.380. The maximum absolute atomic E-state index is 10.9. The van der Waals surface area contributed by atoms with Gasteiger partial charge in [0.2, 0.25) is 0 Å². The van der Waals surface area contributed by atoms with Gasteiger partial charge in [-0.2, -0.15) is 5.10 Å². The highest BCUT2D eigenvalue weighted by Gasteiger charge is 2.26. The molecule has 0 saturated carbocycles. The van der Waals surface area contributed by atoms with Crippen LogP contribution in [0.2, 0.25) is 0 Å². The Morgan fingerprint density at radius 2 is 2.33 bits per heavy atom. The first-order valence-corrected chi connectivity index (χ1v) is 6.19. The fourth-order valence-electron chi connectivity index (χ4n) is 2.59. The first-order chi connectivity index (χ1) is 8.49. The van der Waals surface area contributed by atoms with Crippen LogP contribution in [0, 0.1) is 24.0 Å². The highest BCUT2D eigenvalue weighted by atomic mass is 16.6. The molecule has 7 nitrogen and oxygen atoms in total. The molecular weight excluding hydrogens is 236 g/mol. The van der Waals surface area contributed by atoms with Crippen LogP contribution in [0.25, 0.3) is 0 Å². The van der Waals surface area contributed by atoms with E-state index in [2.05, 4.69) is 5.10 Å². The Morgan fingerprint density at radius 3 is 2.89 bits per heavy atom. The van der Waals surface area contributed by atoms with Crippen LogP contribution in [0.3, 0.4) is 0 Å². The summed E-state index contributed by atoms with van der Waals surface area (Å²) in [4.78, 5) is 11.7. The standard InChI is InChI=1S/C11H18N4O3/c1-8-11(15(17)18)9(2)14(12-8)7-13-5-3-4-10(16)6-13/h10,16H,3-7H2,1-2H3/p+1/t10-/m1/s1. The lowest BCUT2D eigenvalue weighted by molar-refractivity contribution is -0.931. The Bertz CT molecular complexity index is 457. The maximum atomic E-state index is 10.9. The molecule has 18 heavy (non-hydrogen) atoms. The van der Waals surface area contributed by atoms with Crippen molar-refractivity contribution < 1.29 is 14.9 Å². The van der Waals surface area contributed by atoms with E-state index in [-0.39, 0.29) is 16.7 Å². The van der Waals surface area contributed by atoms with Crippen LogP contribution in [0.15, 0.2) is 0 Å². The summed E-state index contributed by atoms with van der Waals surface area (Å²) in [7, 11) is 0. The lowest BCUT2D eigenvalue weighted by Crippen LogP contribution is -3.13. The number of piperidine rings is 1. The predicted molar refractivity (Wildman–Crippen MR) is 64.3 cm³/mol. The van der Waals surface area contributed by atoms with E-state index in [1.54, 1.807) is 18.5 Å². The van der Waals surface area contributed by atoms with E-state index in [1.165, 1.54) is 4.90 Å². The first-order valence-electron chi connectivity index (χ1n) is 6.19. The number of aliphatic hydroxyl groups excluding tert-OH is 1. The zero-order valence-corrected chi connectivity index (χ0v) is 10.7. The van der Waals surface area contributed by atoms with Crippen LogP contribution in [-0.4, -0.2) is 39.0 Å². The smallest absolute Gasteiger partial charge is 0.312 e. The summed E-state index contributed by atoms with van der Waals surface area (Å²) >= 11 is 0. The molecule has 1 aromatic heterocycles. The molecule has 2 N–H and O–H groups in total. The van der Waals surface area contributed by atoms with Crippen molar-refractivity contribution in [1.82, 2.24) is 9.78 Å². The van der Waals surface area contributed by atoms with E-state index in [9.17, 15) is 15.2 Å². The fraction of sp³-hybridized carbons (Fsp3) is 0.727. The topological polar surface area (TPSA) is 85.6 Å². The number of aliphatic hydroxyl groups is 1. The third-order valence-electron chi connectivity index (χ3n) is 3.49. The molecule has 0 bridgehead atoms. The number of aryl methyl sites for hydroxylation is 1. The van der Waals surface area contributed by atoms with Gasteiger partial charge < -0.3 is 10.0 Å². The second kappa shape index (κ2) is 5.03. The predicted octanol–water partition coefficient (Wildman–Crippen LogP) is -0.595. The fourth-order valence-corrected chi connectivity index (χ4v) is 2.59. The summed E-state index contributed by atoms with van der Waals surface area (Å²) in [5.41, 5.74) is 1.14. The lowest BCUT2D eigenvalue weighted by Gasteiger charge is -2.26. The Morgan fingerprint density at radius 1 is 1.61 bits per heavy atom. The van der Waals surface area contributed by atoms with Crippen LogP contribution >= 0.6 is 0 Å². The first kappa shape index (κ1) is 13.0. The molecule has 0 aromatic carbocycles. The molecule has 2 atom stereocenters. The van der Waals surface area contributed by atoms with Crippen LogP contribution < -0.4 is 4.90 Å². The molecule has 0 spiro atoms. The second-order valence-corrected chi connectivity index (χ2v) is 4.93. The van der Waals surface area contributed by atoms with Gasteiger partial charge in [0.15, 0.2) is 6.67 Å². The van der Waals surface area contributed by atoms with Gasteiger partial charge >= 0.3 is 5.69 Å². The van der Waals surface area contributed by atoms with Crippen molar-refractivity contribution in [2.45, 2.75) is 39.5 Å². The van der Waals surface area contributed by atoms with E-state index in [0.717, 1.165) is 19.4 Å². The molecule has 1 saturated heterocycles. The molecule has 1 aliphatic rings. The normalized spacial score (nSPS) is 24.2. The summed E-state index contributed by atoms with van der Waals surface area (Å²) in [6.07, 6.45) is 1.57. The number of hydrogen-bond acceptors (Lipinski definition) is 4. The molecule has 1 fully saturated rings. The Balaban J connectivity index is 2.14. The number of nitrogens with one attached hydrogen (secondary N) is 1. The van der Waals surface area contributed by atoms with Crippen molar-refractivity contribution in [1.29, 1.82) is 0 Å². The van der Waals surface area contributed by atoms with Gasteiger partial charge in [-0.3, -0.25) is 10.1 Å². The van der Waals surface area contributed by atoms with E-state index in [0.29, 0.717) is 24.6 Å². The molecule has 0 radical (unpaired) electrons. The molecule has 2 heterocycles. The molecule has 0 amide bonds. The number of hydrogen-bond donors (Lipinski definition) is 2. The van der Waals surface area contributed by atoms with E-state index >= 15 is 0 Å². The summed E-state index contributed by atoms with van der Waals surface area (Å²) in [6, 6.07) is 0. The van der Waals surface area contributed by atoms with Crippen LogP contribution in [0.4, 0.5) is 5.69 Å². The Hall–Kier alpha value is -1.47. The van der Waals surface area contributed by atoms with Gasteiger partial charge in [0.05, 0.1) is 11.5 Å². The van der Waals surface area contributed by atoms with Gasteiger partial charge in [0, 0.05) is 0 Å². The van der Waals surface area contributed by atoms with Crippen molar-refractivity contribution in [2.24, 2.45) is 0 Å². The SMILES string of the molecule is Cc1nn(C[NH+]2CCC[C@@H](O)C2)c(C)c1[N+](=O)[O-]. The maximum Gasteiger partial charge on any atom is 0.312 e. The highest BCUT2D eigenvalue weighted by Crippen LogP contribution is 2.20. The molecule has 0 aliphatic carbocycles. The van der Waals surface area contributed by atoms with Crippen molar-refractivity contribution >= 4 is 5.69 Å². The van der Waals surface area contributed by atoms with Gasteiger partial charge in [-0.05, 0) is 26.7 Å². The third-order valence-corrected chi connectivity index (χ3v) is 3.49. The van der Waals surface area contributed by atoms with Gasteiger partial charge in [-0.25, -0.2) is 4.68 Å². The van der Waals surface area contributed by atoms with Crippen LogP contribution in [-0.2, 0) is 6.67 Å². The van der Waals surface area contributed by atoms with E-state index in [1.807, 2.05) is 0 Å². The second-order valence-electron chi connectivity index (χ2n) is 4.93. The molecule has 1 aliphatic heterocycles. The van der Waals surface area contributed by atoms with E-state index in [4.69, 9.17) is 0 Å². The van der Waals surface area contributed by atoms with Crippen molar-refractivity contribution in [3.8, 4) is 0 Å².